The van der Waals surface area contributed by atoms with Gasteiger partial charge in [-0.05, 0) is 31.2 Å². The van der Waals surface area contributed by atoms with E-state index in [1.165, 1.54) is 24.3 Å². The van der Waals surface area contributed by atoms with Gasteiger partial charge in [0.05, 0.1) is 6.42 Å². The Labute approximate surface area is 81.1 Å². The molecule has 0 radical (unpaired) electrons. The first-order valence-corrected chi connectivity index (χ1v) is 4.22. The van der Waals surface area contributed by atoms with Crippen molar-refractivity contribution in [3.05, 3.63) is 30.1 Å². The highest BCUT2D eigenvalue weighted by atomic mass is 19.1. The monoisotopic (exact) mass is 198 g/mol. The fraction of sp³-hybridized carbons (Fsp3) is 0.300. The molecule has 1 rings (SSSR count). The predicted molar refractivity (Wildman–Crippen MR) is 48.7 cm³/mol. The van der Waals surface area contributed by atoms with Crippen molar-refractivity contribution in [2.75, 3.05) is 0 Å². The molecule has 0 fully saturated rings. The molecule has 76 valence electrons. The first kappa shape index (κ1) is 10.5. The summed E-state index contributed by atoms with van der Waals surface area (Å²) in [6.07, 6.45) is -0.491. The molecular weight excluding hydrogens is 187 g/mol. The predicted octanol–water partition coefficient (Wildman–Crippen LogP) is 2.07. The van der Waals surface area contributed by atoms with Crippen molar-refractivity contribution in [2.24, 2.45) is 0 Å². The van der Waals surface area contributed by atoms with Crippen molar-refractivity contribution in [3.63, 3.8) is 0 Å². The summed E-state index contributed by atoms with van der Waals surface area (Å²) in [6.45, 7) is 1.65. The van der Waals surface area contributed by atoms with Crippen LogP contribution in [0.2, 0.25) is 0 Å². The van der Waals surface area contributed by atoms with Crippen LogP contribution in [0.15, 0.2) is 24.3 Å². The van der Waals surface area contributed by atoms with Crippen molar-refractivity contribution in [2.45, 2.75) is 19.4 Å². The highest BCUT2D eigenvalue weighted by Crippen LogP contribution is 2.13. The molecular formula is C10H11FO3. The fourth-order valence-electron chi connectivity index (χ4n) is 1.03. The molecule has 1 aromatic carbocycles. The Morgan fingerprint density at radius 3 is 2.57 bits per heavy atom. The molecule has 0 aromatic heterocycles. The highest BCUT2D eigenvalue weighted by Gasteiger charge is 2.08. The summed E-state index contributed by atoms with van der Waals surface area (Å²) < 4.78 is 17.7. The van der Waals surface area contributed by atoms with E-state index in [4.69, 9.17) is 9.84 Å². The van der Waals surface area contributed by atoms with Crippen LogP contribution in [0.3, 0.4) is 0 Å². The van der Waals surface area contributed by atoms with Gasteiger partial charge in [0.25, 0.3) is 0 Å². The standard InChI is InChI=1S/C10H11FO3/c1-7(6-10(12)13)14-9-4-2-8(11)3-5-9/h2-5,7H,6H2,1H3,(H,12,13)/t7-/m0/s1. The Hall–Kier alpha value is -1.58. The third-order valence-corrected chi connectivity index (χ3v) is 1.61. The lowest BCUT2D eigenvalue weighted by Gasteiger charge is -2.11. The third-order valence-electron chi connectivity index (χ3n) is 1.61. The molecule has 1 atom stereocenters. The Bertz CT molecular complexity index is 308. The number of hydrogen-bond acceptors (Lipinski definition) is 2. The van der Waals surface area contributed by atoms with Gasteiger partial charge in [-0.15, -0.1) is 0 Å². The van der Waals surface area contributed by atoms with Crippen LogP contribution >= 0.6 is 0 Å². The SMILES string of the molecule is C[C@@H](CC(=O)O)Oc1ccc(F)cc1. The molecule has 0 amide bonds. The van der Waals surface area contributed by atoms with Crippen molar-refractivity contribution in [1.82, 2.24) is 0 Å². The van der Waals surface area contributed by atoms with Crippen molar-refractivity contribution in [1.29, 1.82) is 0 Å². The minimum atomic E-state index is -0.917. The van der Waals surface area contributed by atoms with E-state index >= 15 is 0 Å². The van der Waals surface area contributed by atoms with Crippen molar-refractivity contribution >= 4 is 5.97 Å². The second-order valence-electron chi connectivity index (χ2n) is 2.98. The molecule has 0 aliphatic rings. The van der Waals surface area contributed by atoms with Gasteiger partial charge < -0.3 is 9.84 Å². The number of benzene rings is 1. The molecule has 0 unspecified atom stereocenters. The third kappa shape index (κ3) is 3.43. The smallest absolute Gasteiger partial charge is 0.307 e. The van der Waals surface area contributed by atoms with E-state index in [2.05, 4.69) is 0 Å². The molecule has 0 saturated heterocycles. The van der Waals surface area contributed by atoms with Gasteiger partial charge in [-0.3, -0.25) is 4.79 Å². The lowest BCUT2D eigenvalue weighted by atomic mass is 10.3. The summed E-state index contributed by atoms with van der Waals surface area (Å²) >= 11 is 0. The Morgan fingerprint density at radius 1 is 1.50 bits per heavy atom. The van der Waals surface area contributed by atoms with Gasteiger partial charge in [0.2, 0.25) is 0 Å². The van der Waals surface area contributed by atoms with Gasteiger partial charge >= 0.3 is 5.97 Å². The van der Waals surface area contributed by atoms with Crippen LogP contribution in [0.5, 0.6) is 5.75 Å². The number of carboxylic acid groups (broad SMARTS) is 1. The molecule has 0 spiro atoms. The van der Waals surface area contributed by atoms with E-state index in [0.717, 1.165) is 0 Å². The van der Waals surface area contributed by atoms with Gasteiger partial charge in [-0.1, -0.05) is 0 Å². The van der Waals surface area contributed by atoms with Crippen LogP contribution in [0, 0.1) is 5.82 Å². The van der Waals surface area contributed by atoms with Crippen molar-refractivity contribution in [3.8, 4) is 5.75 Å². The molecule has 1 N–H and O–H groups in total. The maximum absolute atomic E-state index is 12.5. The van der Waals surface area contributed by atoms with E-state index in [1.807, 2.05) is 0 Å². The average Bonchev–Trinajstić information content (AvgIpc) is 2.07. The van der Waals surface area contributed by atoms with E-state index in [9.17, 15) is 9.18 Å². The van der Waals surface area contributed by atoms with Gasteiger partial charge in [0.1, 0.15) is 17.7 Å². The zero-order chi connectivity index (χ0) is 10.6. The highest BCUT2D eigenvalue weighted by molar-refractivity contribution is 5.67. The summed E-state index contributed by atoms with van der Waals surface area (Å²) in [6, 6.07) is 5.47. The fourth-order valence-corrected chi connectivity index (χ4v) is 1.03. The number of ether oxygens (including phenoxy) is 1. The molecule has 4 heteroatoms. The number of halogens is 1. The molecule has 0 heterocycles. The molecule has 1 aromatic rings. The van der Waals surface area contributed by atoms with E-state index in [1.54, 1.807) is 6.92 Å². The van der Waals surface area contributed by atoms with Crippen LogP contribution in [-0.4, -0.2) is 17.2 Å². The first-order chi connectivity index (χ1) is 6.58. The van der Waals surface area contributed by atoms with Crippen LogP contribution in [0.1, 0.15) is 13.3 Å². The van der Waals surface area contributed by atoms with Crippen molar-refractivity contribution < 1.29 is 19.0 Å². The van der Waals surface area contributed by atoms with Gasteiger partial charge in [-0.25, -0.2) is 4.39 Å². The van der Waals surface area contributed by atoms with Gasteiger partial charge in [-0.2, -0.15) is 0 Å². The molecule has 3 nitrogen and oxygen atoms in total. The summed E-state index contributed by atoms with van der Waals surface area (Å²) in [5, 5.41) is 8.47. The zero-order valence-corrected chi connectivity index (χ0v) is 7.74. The van der Waals surface area contributed by atoms with Gasteiger partial charge in [0.15, 0.2) is 0 Å². The maximum Gasteiger partial charge on any atom is 0.307 e. The van der Waals surface area contributed by atoms with E-state index in [0.29, 0.717) is 5.75 Å². The minimum absolute atomic E-state index is 0.0720. The minimum Gasteiger partial charge on any atom is -0.490 e. The summed E-state index contributed by atoms with van der Waals surface area (Å²) in [7, 11) is 0. The first-order valence-electron chi connectivity index (χ1n) is 4.22. The average molecular weight is 198 g/mol. The van der Waals surface area contributed by atoms with E-state index in [-0.39, 0.29) is 12.2 Å². The second kappa shape index (κ2) is 4.60. The van der Waals surface area contributed by atoms with Crippen LogP contribution in [0.4, 0.5) is 4.39 Å². The topological polar surface area (TPSA) is 46.5 Å². The zero-order valence-electron chi connectivity index (χ0n) is 7.74. The van der Waals surface area contributed by atoms with Crippen LogP contribution in [-0.2, 0) is 4.79 Å². The van der Waals surface area contributed by atoms with Crippen LogP contribution in [0.25, 0.3) is 0 Å². The Kier molecular flexibility index (Phi) is 3.45. The number of hydrogen-bond donors (Lipinski definition) is 1. The Balaban J connectivity index is 2.51. The Morgan fingerprint density at radius 2 is 2.07 bits per heavy atom. The lowest BCUT2D eigenvalue weighted by Crippen LogP contribution is -2.16. The normalized spacial score (nSPS) is 12.1. The maximum atomic E-state index is 12.5. The molecule has 0 bridgehead atoms. The molecule has 14 heavy (non-hydrogen) atoms. The quantitative estimate of drug-likeness (QED) is 0.805. The summed E-state index contributed by atoms with van der Waals surface area (Å²) in [5.41, 5.74) is 0. The largest absolute Gasteiger partial charge is 0.490 e. The molecule has 0 aliphatic carbocycles. The van der Waals surface area contributed by atoms with E-state index < -0.39 is 12.1 Å². The molecule has 0 saturated carbocycles. The van der Waals surface area contributed by atoms with Gasteiger partial charge in [0, 0.05) is 0 Å². The number of carboxylic acids is 1. The second-order valence-corrected chi connectivity index (χ2v) is 2.98. The molecule has 0 aliphatic heterocycles. The number of carbonyl (C=O) groups is 1. The lowest BCUT2D eigenvalue weighted by molar-refractivity contribution is -0.138. The summed E-state index contributed by atoms with van der Waals surface area (Å²) in [4.78, 5) is 10.3. The number of rotatable bonds is 4. The van der Waals surface area contributed by atoms with Crippen LogP contribution < -0.4 is 4.74 Å². The summed E-state index contributed by atoms with van der Waals surface area (Å²) in [5.74, 6) is -0.789. The number of aliphatic carboxylic acids is 1.